The third-order valence-electron chi connectivity index (χ3n) is 2.98. The van der Waals surface area contributed by atoms with E-state index in [4.69, 9.17) is 4.74 Å². The zero-order valence-electron chi connectivity index (χ0n) is 11.3. The average Bonchev–Trinajstić information content (AvgIpc) is 2.25. The number of hydrogen-bond donors (Lipinski definition) is 0. The molecule has 0 fully saturated rings. The molecule has 0 N–H and O–H groups in total. The first-order valence-electron chi connectivity index (χ1n) is 6.14. The van der Waals surface area contributed by atoms with Crippen LogP contribution < -0.4 is 0 Å². The van der Waals surface area contributed by atoms with E-state index in [-0.39, 0.29) is 11.6 Å². The van der Waals surface area contributed by atoms with E-state index in [1.165, 1.54) is 7.11 Å². The van der Waals surface area contributed by atoms with E-state index >= 15 is 0 Å². The van der Waals surface area contributed by atoms with E-state index in [1.807, 2.05) is 0 Å². The molecule has 0 spiro atoms. The molecule has 0 heterocycles. The highest BCUT2D eigenvalue weighted by molar-refractivity contribution is 5.69. The molecule has 3 nitrogen and oxygen atoms in total. The maximum Gasteiger partial charge on any atom is 0.305 e. The van der Waals surface area contributed by atoms with Gasteiger partial charge in [-0.2, -0.15) is 0 Å². The van der Waals surface area contributed by atoms with E-state index in [9.17, 15) is 4.79 Å². The fraction of sp³-hybridized carbons (Fsp3) is 0.923. The van der Waals surface area contributed by atoms with Crippen LogP contribution in [0.5, 0.6) is 0 Å². The van der Waals surface area contributed by atoms with Crippen LogP contribution in [0.4, 0.5) is 0 Å². The van der Waals surface area contributed by atoms with Gasteiger partial charge in [-0.15, -0.1) is 0 Å². The van der Waals surface area contributed by atoms with E-state index < -0.39 is 0 Å². The summed E-state index contributed by atoms with van der Waals surface area (Å²) in [6.45, 7) is 9.29. The maximum atomic E-state index is 11.1. The lowest BCUT2D eigenvalue weighted by atomic mass is 9.96. The summed E-state index contributed by atoms with van der Waals surface area (Å²) in [5.74, 6) is 0.494. The second-order valence-corrected chi connectivity index (χ2v) is 4.91. The van der Waals surface area contributed by atoms with Gasteiger partial charge in [0.1, 0.15) is 0 Å². The van der Waals surface area contributed by atoms with Crippen molar-refractivity contribution in [2.24, 2.45) is 5.92 Å². The van der Waals surface area contributed by atoms with Crippen molar-refractivity contribution in [2.45, 2.75) is 59.0 Å². The molecule has 0 bridgehead atoms. The highest BCUT2D eigenvalue weighted by Crippen LogP contribution is 2.22. The Labute approximate surface area is 99.5 Å². The van der Waals surface area contributed by atoms with Crippen LogP contribution in [0.1, 0.15) is 53.4 Å². The highest BCUT2D eigenvalue weighted by Gasteiger charge is 2.23. The number of ether oxygens (including phenoxy) is 2. The molecular weight excluding hydrogens is 204 g/mol. The van der Waals surface area contributed by atoms with Crippen molar-refractivity contribution in [1.29, 1.82) is 0 Å². The summed E-state index contributed by atoms with van der Waals surface area (Å²) in [6.07, 6.45) is 3.15. The summed E-state index contributed by atoms with van der Waals surface area (Å²) in [5, 5.41) is 0. The molecule has 0 aromatic carbocycles. The molecule has 0 aliphatic carbocycles. The Hall–Kier alpha value is -0.570. The molecule has 0 aliphatic heterocycles. The van der Waals surface area contributed by atoms with Crippen molar-refractivity contribution in [3.8, 4) is 0 Å². The van der Waals surface area contributed by atoms with E-state index in [1.54, 1.807) is 0 Å². The minimum atomic E-state index is -0.191. The number of rotatable bonds is 8. The van der Waals surface area contributed by atoms with Crippen LogP contribution in [-0.4, -0.2) is 25.3 Å². The quantitative estimate of drug-likeness (QED) is 0.601. The molecule has 0 aromatic rings. The Morgan fingerprint density at radius 2 is 2.00 bits per heavy atom. The maximum absolute atomic E-state index is 11.1. The predicted octanol–water partition coefficient (Wildman–Crippen LogP) is 3.17. The third-order valence-corrected chi connectivity index (χ3v) is 2.98. The minimum absolute atomic E-state index is 0.160. The molecule has 96 valence electrons. The molecule has 0 radical (unpaired) electrons. The lowest BCUT2D eigenvalue weighted by Gasteiger charge is -2.28. The van der Waals surface area contributed by atoms with Gasteiger partial charge in [-0.3, -0.25) is 4.79 Å². The van der Waals surface area contributed by atoms with Gasteiger partial charge in [0.25, 0.3) is 0 Å². The van der Waals surface area contributed by atoms with E-state index in [0.717, 1.165) is 25.9 Å². The van der Waals surface area contributed by atoms with Gasteiger partial charge in [0.15, 0.2) is 0 Å². The van der Waals surface area contributed by atoms with Crippen LogP contribution >= 0.6 is 0 Å². The molecule has 0 rings (SSSR count). The Kier molecular flexibility index (Phi) is 7.39. The van der Waals surface area contributed by atoms with E-state index in [2.05, 4.69) is 32.4 Å². The zero-order chi connectivity index (χ0) is 12.6. The highest BCUT2D eigenvalue weighted by atomic mass is 16.5. The molecule has 3 heteroatoms. The number of hydrogen-bond acceptors (Lipinski definition) is 3. The van der Waals surface area contributed by atoms with Gasteiger partial charge < -0.3 is 9.47 Å². The van der Waals surface area contributed by atoms with Gasteiger partial charge in [0.2, 0.25) is 0 Å². The SMILES string of the molecule is CCC(C)(CCC(=O)OC)OCCC(C)C. The lowest BCUT2D eigenvalue weighted by Crippen LogP contribution is -2.29. The first-order chi connectivity index (χ1) is 7.43. The summed E-state index contributed by atoms with van der Waals surface area (Å²) in [5.41, 5.74) is -0.191. The largest absolute Gasteiger partial charge is 0.469 e. The molecule has 0 aliphatic rings. The molecule has 1 atom stereocenters. The van der Waals surface area contributed by atoms with Crippen LogP contribution in [0.15, 0.2) is 0 Å². The van der Waals surface area contributed by atoms with Crippen molar-refractivity contribution >= 4 is 5.97 Å². The van der Waals surface area contributed by atoms with Crippen LogP contribution in [0, 0.1) is 5.92 Å². The third kappa shape index (κ3) is 6.83. The number of methoxy groups -OCH3 is 1. The van der Waals surface area contributed by atoms with Gasteiger partial charge in [0, 0.05) is 13.0 Å². The van der Waals surface area contributed by atoms with Gasteiger partial charge in [-0.25, -0.2) is 0 Å². The van der Waals surface area contributed by atoms with Crippen LogP contribution in [-0.2, 0) is 14.3 Å². The van der Waals surface area contributed by atoms with Gasteiger partial charge in [-0.05, 0) is 32.1 Å². The summed E-state index contributed by atoms with van der Waals surface area (Å²) < 4.78 is 10.5. The Balaban J connectivity index is 3.95. The second-order valence-electron chi connectivity index (χ2n) is 4.91. The molecular formula is C13H26O3. The average molecular weight is 230 g/mol. The summed E-state index contributed by atoms with van der Waals surface area (Å²) in [6, 6.07) is 0. The fourth-order valence-corrected chi connectivity index (χ4v) is 1.36. The molecule has 0 amide bonds. The Morgan fingerprint density at radius 1 is 1.38 bits per heavy atom. The Bertz CT molecular complexity index is 201. The van der Waals surface area contributed by atoms with Crippen molar-refractivity contribution in [1.82, 2.24) is 0 Å². The topological polar surface area (TPSA) is 35.5 Å². The fourth-order valence-electron chi connectivity index (χ4n) is 1.36. The van der Waals surface area contributed by atoms with Gasteiger partial charge in [0.05, 0.1) is 12.7 Å². The lowest BCUT2D eigenvalue weighted by molar-refractivity contribution is -0.142. The van der Waals surface area contributed by atoms with E-state index in [0.29, 0.717) is 12.3 Å². The van der Waals surface area contributed by atoms with Crippen molar-refractivity contribution in [2.75, 3.05) is 13.7 Å². The zero-order valence-corrected chi connectivity index (χ0v) is 11.3. The predicted molar refractivity (Wildman–Crippen MR) is 65.4 cm³/mol. The summed E-state index contributed by atoms with van der Waals surface area (Å²) in [4.78, 5) is 11.1. The standard InChI is InChI=1S/C13H26O3/c1-6-13(4,9-7-12(14)15-5)16-10-8-11(2)3/h11H,6-10H2,1-5H3. The molecule has 16 heavy (non-hydrogen) atoms. The molecule has 0 saturated carbocycles. The number of esters is 1. The second kappa shape index (κ2) is 7.66. The van der Waals surface area contributed by atoms with Crippen molar-refractivity contribution in [3.63, 3.8) is 0 Å². The van der Waals surface area contributed by atoms with Crippen LogP contribution in [0.3, 0.4) is 0 Å². The van der Waals surface area contributed by atoms with Crippen molar-refractivity contribution in [3.05, 3.63) is 0 Å². The summed E-state index contributed by atoms with van der Waals surface area (Å²) >= 11 is 0. The number of carbonyl (C=O) groups is 1. The minimum Gasteiger partial charge on any atom is -0.469 e. The normalized spacial score (nSPS) is 14.9. The van der Waals surface area contributed by atoms with Gasteiger partial charge >= 0.3 is 5.97 Å². The first-order valence-corrected chi connectivity index (χ1v) is 6.14. The van der Waals surface area contributed by atoms with Gasteiger partial charge in [-0.1, -0.05) is 20.8 Å². The van der Waals surface area contributed by atoms with Crippen molar-refractivity contribution < 1.29 is 14.3 Å². The first kappa shape index (κ1) is 15.4. The monoisotopic (exact) mass is 230 g/mol. The number of carbonyl (C=O) groups excluding carboxylic acids is 1. The molecule has 0 aromatic heterocycles. The molecule has 1 unspecified atom stereocenters. The summed E-state index contributed by atoms with van der Waals surface area (Å²) in [7, 11) is 1.42. The smallest absolute Gasteiger partial charge is 0.305 e. The van der Waals surface area contributed by atoms with Crippen LogP contribution in [0.25, 0.3) is 0 Å². The van der Waals surface area contributed by atoms with Crippen LogP contribution in [0.2, 0.25) is 0 Å². The Morgan fingerprint density at radius 3 is 2.44 bits per heavy atom. The molecule has 0 saturated heterocycles.